The predicted molar refractivity (Wildman–Crippen MR) is 133 cm³/mol. The summed E-state index contributed by atoms with van der Waals surface area (Å²) in [6.45, 7) is 3.73. The van der Waals surface area contributed by atoms with Crippen LogP contribution in [0.4, 0.5) is 4.39 Å². The molecule has 6 nitrogen and oxygen atoms in total. The van der Waals surface area contributed by atoms with Gasteiger partial charge in [0.2, 0.25) is 0 Å². The lowest BCUT2D eigenvalue weighted by molar-refractivity contribution is 0.0695. The SMILES string of the molecule is Cc1cccc(C(=O)N2C[C@H]3C[C@H]3[C@H]2CNC(=O)c2cccc3c2OCCO3)c1-c1ccccc1F. The number of halogens is 1. The van der Waals surface area contributed by atoms with Crippen molar-refractivity contribution < 1.29 is 23.5 Å². The minimum absolute atomic E-state index is 0.114. The Bertz CT molecular complexity index is 1360. The first kappa shape index (κ1) is 22.6. The van der Waals surface area contributed by atoms with E-state index >= 15 is 0 Å². The van der Waals surface area contributed by atoms with E-state index in [1.54, 1.807) is 42.5 Å². The van der Waals surface area contributed by atoms with Gasteiger partial charge in [-0.2, -0.15) is 0 Å². The van der Waals surface area contributed by atoms with Crippen molar-refractivity contribution in [3.8, 4) is 22.6 Å². The monoisotopic (exact) mass is 486 g/mol. The zero-order valence-corrected chi connectivity index (χ0v) is 20.0. The molecule has 0 radical (unpaired) electrons. The molecule has 0 spiro atoms. The van der Waals surface area contributed by atoms with Crippen molar-refractivity contribution in [2.45, 2.75) is 19.4 Å². The summed E-state index contributed by atoms with van der Waals surface area (Å²) in [5.74, 6) is 1.09. The van der Waals surface area contributed by atoms with Crippen molar-refractivity contribution >= 4 is 11.8 Å². The second-order valence-corrected chi connectivity index (χ2v) is 9.70. The fraction of sp³-hybridized carbons (Fsp3) is 0.310. The molecule has 1 aliphatic carbocycles. The Morgan fingerprint density at radius 2 is 1.78 bits per heavy atom. The number of benzene rings is 3. The number of nitrogens with one attached hydrogen (secondary N) is 1. The van der Waals surface area contributed by atoms with Crippen LogP contribution < -0.4 is 14.8 Å². The largest absolute Gasteiger partial charge is 0.486 e. The molecule has 3 aromatic rings. The van der Waals surface area contributed by atoms with Gasteiger partial charge in [0.15, 0.2) is 11.5 Å². The first-order valence-electron chi connectivity index (χ1n) is 12.3. The van der Waals surface area contributed by atoms with Crippen LogP contribution in [-0.2, 0) is 0 Å². The van der Waals surface area contributed by atoms with Crippen LogP contribution in [0.1, 0.15) is 32.7 Å². The number of ether oxygens (including phenoxy) is 2. The Hall–Kier alpha value is -3.87. The molecule has 1 saturated carbocycles. The van der Waals surface area contributed by atoms with E-state index in [0.29, 0.717) is 71.9 Å². The summed E-state index contributed by atoms with van der Waals surface area (Å²) in [5, 5.41) is 3.02. The van der Waals surface area contributed by atoms with E-state index in [0.717, 1.165) is 12.0 Å². The number of para-hydroxylation sites is 1. The molecular weight excluding hydrogens is 459 g/mol. The Kier molecular flexibility index (Phi) is 5.63. The van der Waals surface area contributed by atoms with Crippen molar-refractivity contribution in [1.82, 2.24) is 10.2 Å². The summed E-state index contributed by atoms with van der Waals surface area (Å²) in [7, 11) is 0. The number of hydrogen-bond donors (Lipinski definition) is 1. The fourth-order valence-electron chi connectivity index (χ4n) is 5.63. The van der Waals surface area contributed by atoms with Gasteiger partial charge in [0.05, 0.1) is 11.6 Å². The maximum Gasteiger partial charge on any atom is 0.255 e. The van der Waals surface area contributed by atoms with Gasteiger partial charge < -0.3 is 19.7 Å². The molecule has 2 amide bonds. The van der Waals surface area contributed by atoms with Gasteiger partial charge in [-0.1, -0.05) is 36.4 Å². The van der Waals surface area contributed by atoms with Gasteiger partial charge in [-0.3, -0.25) is 9.59 Å². The average molecular weight is 487 g/mol. The second kappa shape index (κ2) is 8.97. The zero-order valence-electron chi connectivity index (χ0n) is 20.0. The van der Waals surface area contributed by atoms with Gasteiger partial charge in [0.1, 0.15) is 19.0 Å². The number of carbonyl (C=O) groups is 2. The highest BCUT2D eigenvalue weighted by molar-refractivity contribution is 6.02. The summed E-state index contributed by atoms with van der Waals surface area (Å²) >= 11 is 0. The van der Waals surface area contributed by atoms with Crippen LogP contribution in [0, 0.1) is 24.6 Å². The maximum absolute atomic E-state index is 14.7. The molecule has 36 heavy (non-hydrogen) atoms. The normalized spacial score (nSPS) is 21.6. The van der Waals surface area contributed by atoms with Crippen LogP contribution in [0.3, 0.4) is 0 Å². The van der Waals surface area contributed by atoms with Gasteiger partial charge in [-0.15, -0.1) is 0 Å². The lowest BCUT2D eigenvalue weighted by atomic mass is 9.93. The second-order valence-electron chi connectivity index (χ2n) is 9.70. The van der Waals surface area contributed by atoms with Gasteiger partial charge in [-0.25, -0.2) is 4.39 Å². The third kappa shape index (κ3) is 3.88. The Labute approximate surface area is 209 Å². The molecule has 6 rings (SSSR count). The molecule has 7 heteroatoms. The van der Waals surface area contributed by atoms with Gasteiger partial charge in [0, 0.05) is 29.8 Å². The number of rotatable bonds is 5. The van der Waals surface area contributed by atoms with Crippen LogP contribution in [0.25, 0.3) is 11.1 Å². The molecule has 3 aliphatic rings. The highest BCUT2D eigenvalue weighted by Gasteiger charge is 2.54. The standard InChI is InChI=1S/C29H27FN2O4/c1-17-6-4-8-20(26(17)19-7-2-3-10-23(19)30)29(34)32-16-18-14-22(18)24(32)15-31-28(33)21-9-5-11-25-27(21)36-13-12-35-25/h2-11,18,22,24H,12-16H2,1H3,(H,31,33)/t18-,22-,24-/m1/s1. The third-order valence-corrected chi connectivity index (χ3v) is 7.49. The van der Waals surface area contributed by atoms with E-state index in [1.807, 2.05) is 24.0 Å². The van der Waals surface area contributed by atoms with E-state index in [1.165, 1.54) is 6.07 Å². The molecule has 3 aromatic carbocycles. The minimum Gasteiger partial charge on any atom is -0.486 e. The highest BCUT2D eigenvalue weighted by atomic mass is 19.1. The average Bonchev–Trinajstić information content (AvgIpc) is 3.58. The lowest BCUT2D eigenvalue weighted by Gasteiger charge is -2.29. The number of amides is 2. The number of likely N-dealkylation sites (tertiary alicyclic amines) is 1. The molecular formula is C29H27FN2O4. The molecule has 184 valence electrons. The Balaban J connectivity index is 1.24. The van der Waals surface area contributed by atoms with E-state index in [4.69, 9.17) is 9.47 Å². The molecule has 2 fully saturated rings. The van der Waals surface area contributed by atoms with E-state index in [2.05, 4.69) is 5.32 Å². The molecule has 1 saturated heterocycles. The lowest BCUT2D eigenvalue weighted by Crippen LogP contribution is -2.45. The van der Waals surface area contributed by atoms with Crippen molar-refractivity contribution in [1.29, 1.82) is 0 Å². The Morgan fingerprint density at radius 3 is 2.64 bits per heavy atom. The minimum atomic E-state index is -0.355. The van der Waals surface area contributed by atoms with E-state index in [-0.39, 0.29) is 23.7 Å². The molecule has 2 heterocycles. The number of nitrogens with zero attached hydrogens (tertiary/aromatic N) is 1. The molecule has 2 aliphatic heterocycles. The summed E-state index contributed by atoms with van der Waals surface area (Å²) in [4.78, 5) is 28.8. The molecule has 0 aromatic heterocycles. The molecule has 3 atom stereocenters. The maximum atomic E-state index is 14.7. The van der Waals surface area contributed by atoms with E-state index < -0.39 is 0 Å². The van der Waals surface area contributed by atoms with Crippen molar-refractivity contribution in [2.24, 2.45) is 11.8 Å². The quantitative estimate of drug-likeness (QED) is 0.578. The number of carbonyl (C=O) groups excluding carboxylic acids is 2. The number of piperidine rings is 1. The molecule has 0 bridgehead atoms. The third-order valence-electron chi connectivity index (χ3n) is 7.49. The first-order valence-corrected chi connectivity index (χ1v) is 12.3. The van der Waals surface area contributed by atoms with Crippen LogP contribution in [-0.4, -0.2) is 49.1 Å². The fourth-order valence-corrected chi connectivity index (χ4v) is 5.63. The number of hydrogen-bond acceptors (Lipinski definition) is 4. The smallest absolute Gasteiger partial charge is 0.255 e. The molecule has 0 unspecified atom stereocenters. The van der Waals surface area contributed by atoms with Gasteiger partial charge >= 0.3 is 0 Å². The van der Waals surface area contributed by atoms with Crippen LogP contribution in [0.15, 0.2) is 60.7 Å². The van der Waals surface area contributed by atoms with Gasteiger partial charge in [0.25, 0.3) is 11.8 Å². The highest BCUT2D eigenvalue weighted by Crippen LogP contribution is 2.50. The number of fused-ring (bicyclic) bond motifs is 2. The molecule has 1 N–H and O–H groups in total. The van der Waals surface area contributed by atoms with Crippen LogP contribution in [0.5, 0.6) is 11.5 Å². The Morgan fingerprint density at radius 1 is 1.00 bits per heavy atom. The zero-order chi connectivity index (χ0) is 24.8. The topological polar surface area (TPSA) is 67.9 Å². The van der Waals surface area contributed by atoms with Crippen molar-refractivity contribution in [3.05, 3.63) is 83.2 Å². The summed E-state index contributed by atoms with van der Waals surface area (Å²) < 4.78 is 26.0. The predicted octanol–water partition coefficient (Wildman–Crippen LogP) is 4.46. The summed E-state index contributed by atoms with van der Waals surface area (Å²) in [5.41, 5.74) is 2.80. The van der Waals surface area contributed by atoms with E-state index in [9.17, 15) is 14.0 Å². The number of aryl methyl sites for hydroxylation is 1. The first-order chi connectivity index (χ1) is 17.5. The van der Waals surface area contributed by atoms with Crippen LogP contribution >= 0.6 is 0 Å². The van der Waals surface area contributed by atoms with Crippen molar-refractivity contribution in [3.63, 3.8) is 0 Å². The summed E-state index contributed by atoms with van der Waals surface area (Å²) in [6, 6.07) is 17.2. The van der Waals surface area contributed by atoms with Crippen LogP contribution in [0.2, 0.25) is 0 Å². The summed E-state index contributed by atoms with van der Waals surface area (Å²) in [6.07, 6.45) is 1.05. The van der Waals surface area contributed by atoms with Gasteiger partial charge in [-0.05, 0) is 55.0 Å². The van der Waals surface area contributed by atoms with Crippen molar-refractivity contribution in [2.75, 3.05) is 26.3 Å².